The Hall–Kier alpha value is -2.10. The normalized spacial score (nSPS) is 15.4. The van der Waals surface area contributed by atoms with Crippen molar-refractivity contribution in [3.05, 3.63) is 47.0 Å². The number of aryl methyl sites for hydroxylation is 1. The Balaban J connectivity index is 2.23. The number of amides is 1. The van der Waals surface area contributed by atoms with Crippen molar-refractivity contribution in [2.45, 2.75) is 19.8 Å². The Bertz CT molecular complexity index is 538. The van der Waals surface area contributed by atoms with Crippen LogP contribution in [0.3, 0.4) is 0 Å². The zero-order valence-corrected chi connectivity index (χ0v) is 11.0. The van der Waals surface area contributed by atoms with Crippen molar-refractivity contribution >= 4 is 11.9 Å². The molecule has 1 aliphatic heterocycles. The number of aromatic carboxylic acids is 1. The van der Waals surface area contributed by atoms with Crippen molar-refractivity contribution in [3.63, 3.8) is 0 Å². The minimum Gasteiger partial charge on any atom is -0.478 e. The second-order valence-corrected chi connectivity index (χ2v) is 4.94. The van der Waals surface area contributed by atoms with Crippen LogP contribution in [0.25, 0.3) is 0 Å². The maximum atomic E-state index is 12.3. The highest BCUT2D eigenvalue weighted by Gasteiger charge is 2.20. The highest BCUT2D eigenvalue weighted by Crippen LogP contribution is 2.18. The Morgan fingerprint density at radius 2 is 1.74 bits per heavy atom. The van der Waals surface area contributed by atoms with Crippen molar-refractivity contribution < 1.29 is 14.7 Å². The van der Waals surface area contributed by atoms with E-state index in [4.69, 9.17) is 5.11 Å². The molecule has 4 nitrogen and oxygen atoms in total. The van der Waals surface area contributed by atoms with Crippen LogP contribution < -0.4 is 0 Å². The summed E-state index contributed by atoms with van der Waals surface area (Å²) in [5.41, 5.74) is 2.55. The Morgan fingerprint density at radius 1 is 1.16 bits per heavy atom. The van der Waals surface area contributed by atoms with Crippen molar-refractivity contribution in [2.24, 2.45) is 0 Å². The number of benzene rings is 1. The van der Waals surface area contributed by atoms with Crippen LogP contribution in [0, 0.1) is 6.92 Å². The van der Waals surface area contributed by atoms with Crippen molar-refractivity contribution in [1.29, 1.82) is 0 Å². The summed E-state index contributed by atoms with van der Waals surface area (Å²) in [6.45, 7) is 7.03. The lowest BCUT2D eigenvalue weighted by molar-refractivity contribution is 0.0696. The number of rotatable bonds is 2. The molecule has 100 valence electrons. The monoisotopic (exact) mass is 259 g/mol. The number of carbonyl (C=O) groups excluding carboxylic acids is 1. The molecule has 19 heavy (non-hydrogen) atoms. The molecule has 1 N–H and O–H groups in total. The molecule has 1 aliphatic rings. The Morgan fingerprint density at radius 3 is 2.32 bits per heavy atom. The van der Waals surface area contributed by atoms with E-state index in [0.717, 1.165) is 18.4 Å². The molecule has 1 saturated heterocycles. The lowest BCUT2D eigenvalue weighted by Gasteiger charge is -2.28. The van der Waals surface area contributed by atoms with E-state index in [1.807, 2.05) is 0 Å². The van der Waals surface area contributed by atoms with Crippen LogP contribution in [0.5, 0.6) is 0 Å². The number of carbonyl (C=O) groups is 2. The summed E-state index contributed by atoms with van der Waals surface area (Å²) in [4.78, 5) is 25.1. The van der Waals surface area contributed by atoms with Crippen LogP contribution in [-0.4, -0.2) is 35.0 Å². The van der Waals surface area contributed by atoms with E-state index in [1.54, 1.807) is 24.0 Å². The smallest absolute Gasteiger partial charge is 0.335 e. The molecule has 1 fully saturated rings. The fourth-order valence-electron chi connectivity index (χ4n) is 2.24. The van der Waals surface area contributed by atoms with Crippen LogP contribution >= 0.6 is 0 Å². The molecule has 0 saturated carbocycles. The van der Waals surface area contributed by atoms with E-state index in [0.29, 0.717) is 18.7 Å². The molecular formula is C15H17NO3. The quantitative estimate of drug-likeness (QED) is 0.830. The first-order chi connectivity index (χ1) is 8.97. The number of carboxylic acid groups (broad SMARTS) is 1. The summed E-state index contributed by atoms with van der Waals surface area (Å²) in [7, 11) is 0. The van der Waals surface area contributed by atoms with Crippen LogP contribution in [0.4, 0.5) is 0 Å². The van der Waals surface area contributed by atoms with Gasteiger partial charge >= 0.3 is 5.97 Å². The number of hydrogen-bond acceptors (Lipinski definition) is 2. The van der Waals surface area contributed by atoms with Gasteiger partial charge in [0.2, 0.25) is 0 Å². The summed E-state index contributed by atoms with van der Waals surface area (Å²) in [5.74, 6) is -1.11. The maximum absolute atomic E-state index is 12.3. The number of carboxylic acids is 1. The van der Waals surface area contributed by atoms with E-state index in [1.165, 1.54) is 11.6 Å². The fourth-order valence-corrected chi connectivity index (χ4v) is 2.24. The van der Waals surface area contributed by atoms with Gasteiger partial charge in [-0.2, -0.15) is 0 Å². The van der Waals surface area contributed by atoms with E-state index in [2.05, 4.69) is 6.58 Å². The predicted molar refractivity (Wildman–Crippen MR) is 72.4 cm³/mol. The van der Waals surface area contributed by atoms with Gasteiger partial charge in [0.15, 0.2) is 0 Å². The molecule has 0 aliphatic carbocycles. The van der Waals surface area contributed by atoms with Crippen LogP contribution in [0.15, 0.2) is 30.4 Å². The minimum absolute atomic E-state index is 0.0984. The molecule has 0 radical (unpaired) electrons. The number of hydrogen-bond donors (Lipinski definition) is 1. The van der Waals surface area contributed by atoms with E-state index >= 15 is 0 Å². The average Bonchev–Trinajstić information content (AvgIpc) is 2.38. The molecular weight excluding hydrogens is 242 g/mol. The average molecular weight is 259 g/mol. The maximum Gasteiger partial charge on any atom is 0.335 e. The molecule has 1 aromatic carbocycles. The second kappa shape index (κ2) is 5.26. The first kappa shape index (κ1) is 13.3. The Labute approximate surface area is 112 Å². The summed E-state index contributed by atoms with van der Waals surface area (Å²) >= 11 is 0. The minimum atomic E-state index is -1.01. The fraction of sp³-hybridized carbons (Fsp3) is 0.333. The van der Waals surface area contributed by atoms with Gasteiger partial charge in [0.25, 0.3) is 5.91 Å². The van der Waals surface area contributed by atoms with Gasteiger partial charge in [-0.3, -0.25) is 4.79 Å². The lowest BCUT2D eigenvalue weighted by Crippen LogP contribution is -2.36. The molecule has 0 spiro atoms. The summed E-state index contributed by atoms with van der Waals surface area (Å²) in [6, 6.07) is 4.75. The molecule has 0 bridgehead atoms. The molecule has 0 unspecified atom stereocenters. The van der Waals surface area contributed by atoms with Gasteiger partial charge in [0.1, 0.15) is 0 Å². The van der Waals surface area contributed by atoms with Gasteiger partial charge in [-0.15, -0.1) is 0 Å². The molecule has 0 aromatic heterocycles. The Kier molecular flexibility index (Phi) is 3.69. The van der Waals surface area contributed by atoms with Crippen LogP contribution in [-0.2, 0) is 0 Å². The van der Waals surface area contributed by atoms with E-state index in [9.17, 15) is 9.59 Å². The first-order valence-electron chi connectivity index (χ1n) is 6.28. The largest absolute Gasteiger partial charge is 0.478 e. The molecule has 2 rings (SSSR count). The van der Waals surface area contributed by atoms with Crippen molar-refractivity contribution in [3.8, 4) is 0 Å². The number of piperidine rings is 1. The third-order valence-electron chi connectivity index (χ3n) is 3.33. The van der Waals surface area contributed by atoms with Crippen molar-refractivity contribution in [1.82, 2.24) is 4.90 Å². The third-order valence-corrected chi connectivity index (χ3v) is 3.33. The van der Waals surface area contributed by atoms with E-state index in [-0.39, 0.29) is 11.5 Å². The van der Waals surface area contributed by atoms with Gasteiger partial charge in [0, 0.05) is 18.7 Å². The predicted octanol–water partition coefficient (Wildman–Crippen LogP) is 2.49. The van der Waals surface area contributed by atoms with E-state index < -0.39 is 5.97 Å². The summed E-state index contributed by atoms with van der Waals surface area (Å²) in [5, 5.41) is 9.02. The van der Waals surface area contributed by atoms with Gasteiger partial charge in [0.05, 0.1) is 5.56 Å². The molecule has 1 aromatic rings. The van der Waals surface area contributed by atoms with Crippen LogP contribution in [0.1, 0.15) is 39.1 Å². The van der Waals surface area contributed by atoms with Gasteiger partial charge < -0.3 is 10.0 Å². The lowest BCUT2D eigenvalue weighted by atomic mass is 10.0. The zero-order chi connectivity index (χ0) is 14.0. The van der Waals surface area contributed by atoms with Gasteiger partial charge in [-0.1, -0.05) is 12.2 Å². The van der Waals surface area contributed by atoms with Crippen LogP contribution in [0.2, 0.25) is 0 Å². The first-order valence-corrected chi connectivity index (χ1v) is 6.28. The highest BCUT2D eigenvalue weighted by atomic mass is 16.4. The molecule has 4 heteroatoms. The summed E-state index contributed by atoms with van der Waals surface area (Å²) in [6.07, 6.45) is 1.65. The SMILES string of the molecule is C=C1CCN(C(=O)c2cc(C)cc(C(=O)O)c2)CC1. The zero-order valence-electron chi connectivity index (χ0n) is 11.0. The standard InChI is InChI=1S/C15H17NO3/c1-10-3-5-16(6-4-10)14(17)12-7-11(2)8-13(9-12)15(18)19/h7-9H,1,3-6H2,2H3,(H,18,19). The van der Waals surface area contributed by atoms with Gasteiger partial charge in [-0.05, 0) is 43.5 Å². The van der Waals surface area contributed by atoms with Gasteiger partial charge in [-0.25, -0.2) is 4.79 Å². The highest BCUT2D eigenvalue weighted by molar-refractivity contribution is 5.97. The summed E-state index contributed by atoms with van der Waals surface area (Å²) < 4.78 is 0. The molecule has 1 heterocycles. The number of likely N-dealkylation sites (tertiary alicyclic amines) is 1. The molecule has 1 amide bonds. The number of nitrogens with zero attached hydrogens (tertiary/aromatic N) is 1. The molecule has 0 atom stereocenters. The second-order valence-electron chi connectivity index (χ2n) is 4.94. The topological polar surface area (TPSA) is 57.6 Å². The third kappa shape index (κ3) is 3.02. The van der Waals surface area contributed by atoms with Crippen molar-refractivity contribution in [2.75, 3.05) is 13.1 Å².